The highest BCUT2D eigenvalue weighted by Crippen LogP contribution is 2.31. The zero-order valence-electron chi connectivity index (χ0n) is 13.2. The third-order valence-electron chi connectivity index (χ3n) is 4.42. The van der Waals surface area contributed by atoms with E-state index < -0.39 is 0 Å². The van der Waals surface area contributed by atoms with Crippen LogP contribution in [0, 0.1) is 5.92 Å². The molecule has 2 aromatic heterocycles. The van der Waals surface area contributed by atoms with Crippen molar-refractivity contribution < 1.29 is 4.74 Å². The van der Waals surface area contributed by atoms with Gasteiger partial charge in [0, 0.05) is 25.8 Å². The summed E-state index contributed by atoms with van der Waals surface area (Å²) in [6, 6.07) is 9.90. The largest absolute Gasteiger partial charge is 0.369 e. The van der Waals surface area contributed by atoms with Crippen LogP contribution in [-0.2, 0) is 4.74 Å². The first kappa shape index (κ1) is 14.6. The van der Waals surface area contributed by atoms with Crippen molar-refractivity contribution in [3.8, 4) is 0 Å². The van der Waals surface area contributed by atoms with E-state index in [4.69, 9.17) is 4.74 Å². The number of hydrogen-bond donors (Lipinski definition) is 1. The molecule has 4 rings (SSSR count). The quantitative estimate of drug-likeness (QED) is 0.920. The van der Waals surface area contributed by atoms with Crippen LogP contribution in [-0.4, -0.2) is 41.1 Å². The van der Waals surface area contributed by atoms with E-state index in [0.29, 0.717) is 0 Å². The maximum Gasteiger partial charge on any atom is 0.130 e. The summed E-state index contributed by atoms with van der Waals surface area (Å²) in [5, 5.41) is 3.25. The van der Waals surface area contributed by atoms with Crippen molar-refractivity contribution >= 4 is 11.5 Å². The van der Waals surface area contributed by atoms with Crippen LogP contribution in [0.25, 0.3) is 0 Å². The molecule has 1 aliphatic carbocycles. The number of rotatable bonds is 5. The molecular weight excluding hydrogens is 288 g/mol. The smallest absolute Gasteiger partial charge is 0.130 e. The predicted octanol–water partition coefficient (Wildman–Crippen LogP) is 3.00. The van der Waals surface area contributed by atoms with Crippen molar-refractivity contribution in [3.05, 3.63) is 48.4 Å². The van der Waals surface area contributed by atoms with Crippen LogP contribution in [0.4, 0.5) is 11.5 Å². The van der Waals surface area contributed by atoms with Crippen LogP contribution >= 0.6 is 0 Å². The molecule has 0 radical (unpaired) electrons. The number of aromatic nitrogens is 2. The van der Waals surface area contributed by atoms with Gasteiger partial charge in [-0.3, -0.25) is 9.88 Å². The first-order valence-corrected chi connectivity index (χ1v) is 8.35. The molecule has 2 aliphatic rings. The van der Waals surface area contributed by atoms with Crippen molar-refractivity contribution in [3.63, 3.8) is 0 Å². The fourth-order valence-electron chi connectivity index (χ4n) is 2.97. The van der Waals surface area contributed by atoms with Gasteiger partial charge in [0.1, 0.15) is 11.9 Å². The fraction of sp³-hybridized carbons (Fsp3) is 0.444. The van der Waals surface area contributed by atoms with Crippen molar-refractivity contribution in [2.24, 2.45) is 5.92 Å². The number of nitrogens with zero attached hydrogens (tertiary/aromatic N) is 3. The highest BCUT2D eigenvalue weighted by atomic mass is 16.5. The van der Waals surface area contributed by atoms with Crippen LogP contribution in [0.15, 0.2) is 42.7 Å². The summed E-state index contributed by atoms with van der Waals surface area (Å²) in [6.07, 6.45) is 6.51. The third kappa shape index (κ3) is 3.86. The monoisotopic (exact) mass is 310 g/mol. The molecule has 3 heterocycles. The van der Waals surface area contributed by atoms with Gasteiger partial charge < -0.3 is 10.1 Å². The summed E-state index contributed by atoms with van der Waals surface area (Å²) in [5.41, 5.74) is 1.95. The van der Waals surface area contributed by atoms with Gasteiger partial charge in [-0.1, -0.05) is 6.07 Å². The van der Waals surface area contributed by atoms with E-state index in [0.717, 1.165) is 42.8 Å². The fourth-order valence-corrected chi connectivity index (χ4v) is 2.97. The van der Waals surface area contributed by atoms with E-state index in [2.05, 4.69) is 26.3 Å². The summed E-state index contributed by atoms with van der Waals surface area (Å²) in [4.78, 5) is 11.4. The van der Waals surface area contributed by atoms with E-state index in [1.54, 1.807) is 6.20 Å². The molecule has 0 aromatic carbocycles. The van der Waals surface area contributed by atoms with Gasteiger partial charge in [-0.05, 0) is 43.0 Å². The van der Waals surface area contributed by atoms with Gasteiger partial charge in [-0.25, -0.2) is 4.98 Å². The molecule has 1 saturated heterocycles. The predicted molar refractivity (Wildman–Crippen MR) is 89.6 cm³/mol. The molecule has 5 heteroatoms. The van der Waals surface area contributed by atoms with E-state index in [9.17, 15) is 0 Å². The third-order valence-corrected chi connectivity index (χ3v) is 4.42. The Labute approximate surface area is 136 Å². The average Bonchev–Trinajstić information content (AvgIpc) is 3.41. The molecule has 0 bridgehead atoms. The second-order valence-corrected chi connectivity index (χ2v) is 6.37. The summed E-state index contributed by atoms with van der Waals surface area (Å²) in [5.74, 6) is 1.75. The van der Waals surface area contributed by atoms with Gasteiger partial charge >= 0.3 is 0 Å². The average molecular weight is 310 g/mol. The Hall–Kier alpha value is -1.98. The molecule has 1 saturated carbocycles. The normalized spacial score (nSPS) is 22.0. The van der Waals surface area contributed by atoms with Crippen molar-refractivity contribution in [1.82, 2.24) is 14.9 Å². The number of hydrogen-bond acceptors (Lipinski definition) is 5. The van der Waals surface area contributed by atoms with Gasteiger partial charge in [0.2, 0.25) is 0 Å². The molecule has 1 N–H and O–H groups in total. The second-order valence-electron chi connectivity index (χ2n) is 6.37. The first-order chi connectivity index (χ1) is 11.4. The van der Waals surface area contributed by atoms with Crippen LogP contribution in [0.5, 0.6) is 0 Å². The van der Waals surface area contributed by atoms with Crippen molar-refractivity contribution in [1.29, 1.82) is 0 Å². The molecular formula is C18H22N4O. The van der Waals surface area contributed by atoms with Gasteiger partial charge in [-0.2, -0.15) is 0 Å². The van der Waals surface area contributed by atoms with Crippen LogP contribution in [0.2, 0.25) is 0 Å². The lowest BCUT2D eigenvalue weighted by molar-refractivity contribution is -0.0333. The standard InChI is InChI=1S/C18H22N4O/c1-2-8-19-18(3-1)21-15-6-7-16(20-11-15)17-13-22(9-10-23-17)12-14-4-5-14/h1-3,6-8,11,14,17H,4-5,9-10,12-13H2,(H,19,21)/t17-/m0/s1. The zero-order valence-corrected chi connectivity index (χ0v) is 13.2. The zero-order chi connectivity index (χ0) is 15.5. The van der Waals surface area contributed by atoms with Gasteiger partial charge in [0.25, 0.3) is 0 Å². The van der Waals surface area contributed by atoms with Gasteiger partial charge in [0.05, 0.1) is 24.2 Å². The first-order valence-electron chi connectivity index (χ1n) is 8.35. The van der Waals surface area contributed by atoms with E-state index in [1.807, 2.05) is 30.5 Å². The minimum atomic E-state index is 0.0893. The summed E-state index contributed by atoms with van der Waals surface area (Å²) in [7, 11) is 0. The lowest BCUT2D eigenvalue weighted by Gasteiger charge is -2.32. The van der Waals surface area contributed by atoms with Crippen LogP contribution in [0.1, 0.15) is 24.6 Å². The molecule has 2 fully saturated rings. The number of anilines is 2. The molecule has 0 unspecified atom stereocenters. The summed E-state index contributed by atoms with van der Waals surface area (Å²) in [6.45, 7) is 4.02. The Morgan fingerprint density at radius 2 is 2.13 bits per heavy atom. The topological polar surface area (TPSA) is 50.3 Å². The van der Waals surface area contributed by atoms with Crippen LogP contribution < -0.4 is 5.32 Å². The Kier molecular flexibility index (Phi) is 4.22. The van der Waals surface area contributed by atoms with E-state index >= 15 is 0 Å². The number of ether oxygens (including phenoxy) is 1. The van der Waals surface area contributed by atoms with E-state index in [-0.39, 0.29) is 6.10 Å². The Bertz CT molecular complexity index is 627. The van der Waals surface area contributed by atoms with Gasteiger partial charge in [0.15, 0.2) is 0 Å². The minimum Gasteiger partial charge on any atom is -0.369 e. The van der Waals surface area contributed by atoms with Crippen molar-refractivity contribution in [2.75, 3.05) is 31.6 Å². The molecule has 2 aromatic rings. The lowest BCUT2D eigenvalue weighted by atomic mass is 10.1. The minimum absolute atomic E-state index is 0.0893. The van der Waals surface area contributed by atoms with Gasteiger partial charge in [-0.15, -0.1) is 0 Å². The molecule has 120 valence electrons. The Morgan fingerprint density at radius 3 is 2.87 bits per heavy atom. The molecule has 1 atom stereocenters. The second kappa shape index (κ2) is 6.64. The molecule has 0 amide bonds. The number of nitrogens with one attached hydrogen (secondary N) is 1. The number of morpholine rings is 1. The molecule has 5 nitrogen and oxygen atoms in total. The molecule has 0 spiro atoms. The van der Waals surface area contributed by atoms with Crippen LogP contribution in [0.3, 0.4) is 0 Å². The van der Waals surface area contributed by atoms with Crippen molar-refractivity contribution in [2.45, 2.75) is 18.9 Å². The Morgan fingerprint density at radius 1 is 1.17 bits per heavy atom. The highest BCUT2D eigenvalue weighted by molar-refractivity contribution is 5.54. The summed E-state index contributed by atoms with van der Waals surface area (Å²) >= 11 is 0. The maximum absolute atomic E-state index is 5.92. The number of pyridine rings is 2. The van der Waals surface area contributed by atoms with E-state index in [1.165, 1.54) is 19.4 Å². The summed E-state index contributed by atoms with van der Waals surface area (Å²) < 4.78 is 5.92. The molecule has 1 aliphatic heterocycles. The lowest BCUT2D eigenvalue weighted by Crippen LogP contribution is -2.39. The Balaban J connectivity index is 1.39. The maximum atomic E-state index is 5.92. The highest BCUT2D eigenvalue weighted by Gasteiger charge is 2.28. The SMILES string of the molecule is c1ccc(Nc2ccc([C@@H]3CN(CC4CC4)CCO3)nc2)nc1. The molecule has 23 heavy (non-hydrogen) atoms.